The van der Waals surface area contributed by atoms with Crippen LogP contribution in [0.5, 0.6) is 0 Å². The molecular formula is C14H25NOW-4. The van der Waals surface area contributed by atoms with Crippen LogP contribution in [-0.4, -0.2) is 0 Å². The fraction of sp³-hybridized carbons (Fsp3) is 0.500. The van der Waals surface area contributed by atoms with Gasteiger partial charge >= 0.3 is 0 Å². The average molecular weight is 407 g/mol. The molecule has 1 aromatic rings. The van der Waals surface area contributed by atoms with E-state index in [9.17, 15) is 0 Å². The van der Waals surface area contributed by atoms with E-state index in [0.717, 1.165) is 0 Å². The molecule has 102 valence electrons. The van der Waals surface area contributed by atoms with Crippen molar-refractivity contribution < 1.29 is 21.1 Å². The molecule has 0 N–H and O–H groups in total. The van der Waals surface area contributed by atoms with Crippen molar-refractivity contribution in [3.63, 3.8) is 0 Å². The van der Waals surface area contributed by atoms with Crippen LogP contribution in [0.1, 0.15) is 41.7 Å². The minimum absolute atomic E-state index is 0. The van der Waals surface area contributed by atoms with E-state index in [1.165, 1.54) is 27.8 Å². The topological polar surface area (TPSA) is 39.4 Å². The van der Waals surface area contributed by atoms with E-state index in [0.29, 0.717) is 0 Å². The Bertz CT molecular complexity index is 200. The van der Waals surface area contributed by atoms with E-state index in [4.69, 9.17) is 10.5 Å². The first-order valence-electron chi connectivity index (χ1n) is 5.35. The molecule has 0 radical (unpaired) electrons. The molecule has 17 heavy (non-hydrogen) atoms. The minimum Gasteiger partial charge on any atom is -0.577 e. The van der Waals surface area contributed by atoms with Gasteiger partial charge in [0.15, 0.2) is 0 Å². The van der Waals surface area contributed by atoms with E-state index in [1.807, 2.05) is 0 Å². The Kier molecular flexibility index (Phi) is 23.4. The van der Waals surface area contributed by atoms with Crippen molar-refractivity contribution in [2.75, 3.05) is 0 Å². The summed E-state index contributed by atoms with van der Waals surface area (Å²) in [4.78, 5) is 7.25. The quantitative estimate of drug-likeness (QED) is 0.561. The third-order valence-corrected chi connectivity index (χ3v) is 2.81. The van der Waals surface area contributed by atoms with Crippen LogP contribution in [0, 0.1) is 53.4 Å². The molecule has 0 heterocycles. The zero-order valence-electron chi connectivity index (χ0n) is 12.2. The van der Waals surface area contributed by atoms with Gasteiger partial charge in [0.2, 0.25) is 0 Å². The van der Waals surface area contributed by atoms with Gasteiger partial charge in [-0.25, -0.2) is 0 Å². The maximum atomic E-state index is 7.25. The van der Waals surface area contributed by atoms with Gasteiger partial charge in [0, 0.05) is 21.1 Å². The molecule has 0 spiro atoms. The number of nitroso groups, excluding NO2 is 1. The van der Waals surface area contributed by atoms with Gasteiger partial charge in [-0.15, -0.1) is 0 Å². The molecule has 0 atom stereocenters. The first kappa shape index (κ1) is 25.5. The van der Waals surface area contributed by atoms with Gasteiger partial charge in [0.05, 0.1) is 0 Å². The molecule has 0 aliphatic carbocycles. The van der Waals surface area contributed by atoms with Gasteiger partial charge in [-0.3, -0.25) is 0 Å². The van der Waals surface area contributed by atoms with Crippen molar-refractivity contribution in [1.29, 1.82) is 0 Å². The number of hydrogen-bond acceptors (Lipinski definition) is 1. The summed E-state index contributed by atoms with van der Waals surface area (Å²) in [6, 6.07) is 0. The number of rotatable bonds is 0. The molecule has 0 unspecified atom stereocenters. The van der Waals surface area contributed by atoms with Crippen molar-refractivity contribution in [2.45, 2.75) is 48.5 Å². The maximum Gasteiger partial charge on any atom is 0 e. The Morgan fingerprint density at radius 3 is 1.06 bits per heavy atom. The Morgan fingerprint density at radius 1 is 0.824 bits per heavy atom. The van der Waals surface area contributed by atoms with Crippen molar-refractivity contribution in [3.8, 4) is 0 Å². The fourth-order valence-corrected chi connectivity index (χ4v) is 1.41. The third-order valence-electron chi connectivity index (χ3n) is 2.81. The zero-order chi connectivity index (χ0) is 13.9. The summed E-state index contributed by atoms with van der Waals surface area (Å²) in [6.45, 7) is 21.0. The molecule has 0 fully saturated rings. The Hall–Kier alpha value is -0.362. The normalized spacial score (nSPS) is 7.12. The molecule has 0 saturated carbocycles. The third kappa shape index (κ3) is 7.54. The van der Waals surface area contributed by atoms with Gasteiger partial charge in [-0.05, 0) is 0 Å². The second-order valence-corrected chi connectivity index (χ2v) is 3.12. The van der Waals surface area contributed by atoms with Crippen LogP contribution in [0.15, 0.2) is 0 Å². The molecule has 1 rings (SSSR count). The predicted octanol–water partition coefficient (Wildman–Crippen LogP) is 4.95. The van der Waals surface area contributed by atoms with Crippen LogP contribution in [0.4, 0.5) is 0 Å². The summed E-state index contributed by atoms with van der Waals surface area (Å²) >= 11 is 0. The monoisotopic (exact) mass is 407 g/mol. The van der Waals surface area contributed by atoms with Gasteiger partial charge in [-0.2, -0.15) is 41.7 Å². The van der Waals surface area contributed by atoms with Gasteiger partial charge < -0.3 is 24.3 Å². The minimum atomic E-state index is 0. The van der Waals surface area contributed by atoms with E-state index >= 15 is 0 Å². The average Bonchev–Trinajstić information content (AvgIpc) is 2.55. The number of nitrogens with zero attached hydrogens (tertiary/aromatic N) is 1. The molecule has 0 saturated heterocycles. The summed E-state index contributed by atoms with van der Waals surface area (Å²) in [7, 11) is 0. The summed E-state index contributed by atoms with van der Waals surface area (Å²) < 4.78 is 0. The molecule has 0 aliphatic heterocycles. The van der Waals surface area contributed by atoms with Crippen LogP contribution >= 0.6 is 0 Å². The smallest absolute Gasteiger partial charge is 0 e. The second kappa shape index (κ2) is 15.6. The van der Waals surface area contributed by atoms with E-state index in [1.54, 1.807) is 13.8 Å². The molecule has 3 heteroatoms. The Balaban J connectivity index is -0.000000106. The molecule has 0 bridgehead atoms. The summed E-state index contributed by atoms with van der Waals surface area (Å²) in [5.74, 6) is 0. The first-order valence-corrected chi connectivity index (χ1v) is 5.35. The predicted molar refractivity (Wildman–Crippen MR) is 74.5 cm³/mol. The van der Waals surface area contributed by atoms with Gasteiger partial charge in [-0.1, -0.05) is 34.6 Å². The first-order chi connectivity index (χ1) is 7.55. The van der Waals surface area contributed by atoms with Crippen molar-refractivity contribution >= 4 is 0 Å². The zero-order valence-corrected chi connectivity index (χ0v) is 15.1. The van der Waals surface area contributed by atoms with Crippen LogP contribution in [0.2, 0.25) is 0 Å². The largest absolute Gasteiger partial charge is 0.577 e. The van der Waals surface area contributed by atoms with Crippen LogP contribution in [-0.2, 0) is 21.1 Å². The van der Waals surface area contributed by atoms with Gasteiger partial charge in [0.25, 0.3) is 0 Å². The standard InChI is InChI=1S/C10H15.2C2H5.NO.W/c1-6-7(2)9(4)10(5)8(6)3;3*1-2;/h1-5H3;2*1H2,2H3;;/q4*-1;. The van der Waals surface area contributed by atoms with Crippen molar-refractivity contribution in [2.24, 2.45) is 0 Å². The van der Waals surface area contributed by atoms with E-state index < -0.39 is 0 Å². The second-order valence-electron chi connectivity index (χ2n) is 3.12. The van der Waals surface area contributed by atoms with Crippen LogP contribution < -0.4 is 0 Å². The SMILES string of the molecule is Cc1c(C)c(C)[c-](C)c1C.[CH2-]C.[CH2-]C.[N-]=O.[W]. The van der Waals surface area contributed by atoms with E-state index in [-0.39, 0.29) is 21.1 Å². The molecule has 0 aliphatic rings. The molecule has 0 amide bonds. The van der Waals surface area contributed by atoms with Crippen molar-refractivity contribution in [1.82, 2.24) is 0 Å². The summed E-state index contributed by atoms with van der Waals surface area (Å²) in [6.07, 6.45) is 0. The molecule has 1 aromatic carbocycles. The fourth-order valence-electron chi connectivity index (χ4n) is 1.41. The van der Waals surface area contributed by atoms with Crippen LogP contribution in [0.25, 0.3) is 5.59 Å². The number of hydrogen-bond donors (Lipinski definition) is 0. The van der Waals surface area contributed by atoms with Crippen LogP contribution in [0.3, 0.4) is 0 Å². The maximum absolute atomic E-state index is 7.25. The van der Waals surface area contributed by atoms with E-state index in [2.05, 4.69) is 48.5 Å². The molecular weight excluding hydrogens is 382 g/mol. The Morgan fingerprint density at radius 2 is 1.00 bits per heavy atom. The molecule has 2 nitrogen and oxygen atoms in total. The van der Waals surface area contributed by atoms with Gasteiger partial charge in [0.1, 0.15) is 0 Å². The van der Waals surface area contributed by atoms with Crippen molar-refractivity contribution in [3.05, 3.63) is 52.2 Å². The molecule has 0 aromatic heterocycles. The Labute approximate surface area is 122 Å². The summed E-state index contributed by atoms with van der Waals surface area (Å²) in [5.41, 5.74) is 13.1. The summed E-state index contributed by atoms with van der Waals surface area (Å²) in [5, 5.41) is 0.